The summed E-state index contributed by atoms with van der Waals surface area (Å²) in [6, 6.07) is 9.05. The maximum Gasteiger partial charge on any atom is 0.339 e. The van der Waals surface area contributed by atoms with E-state index in [9.17, 15) is 9.18 Å². The number of hydrogen-bond acceptors (Lipinski definition) is 5. The Morgan fingerprint density at radius 3 is 2.81 bits per heavy atom. The van der Waals surface area contributed by atoms with Gasteiger partial charge in [0.1, 0.15) is 29.8 Å². The number of methoxy groups -OCH3 is 1. The Bertz CT molecular complexity index is 693. The first kappa shape index (κ1) is 14.5. The van der Waals surface area contributed by atoms with Crippen LogP contribution in [-0.4, -0.2) is 18.1 Å². The van der Waals surface area contributed by atoms with Crippen molar-refractivity contribution in [2.24, 2.45) is 0 Å². The van der Waals surface area contributed by atoms with Gasteiger partial charge in [0.05, 0.1) is 18.4 Å². The fourth-order valence-electron chi connectivity index (χ4n) is 1.63. The van der Waals surface area contributed by atoms with Gasteiger partial charge in [-0.2, -0.15) is 5.26 Å². The third-order valence-corrected chi connectivity index (χ3v) is 2.71. The number of nitriles is 1. The molecule has 0 aliphatic rings. The summed E-state index contributed by atoms with van der Waals surface area (Å²) in [5.41, 5.74) is 0.712. The maximum absolute atomic E-state index is 13.4. The monoisotopic (exact) mass is 286 g/mol. The maximum atomic E-state index is 13.4. The zero-order valence-electron chi connectivity index (χ0n) is 11.2. The molecule has 0 fully saturated rings. The van der Waals surface area contributed by atoms with Crippen LogP contribution in [0.4, 0.5) is 4.39 Å². The molecule has 0 bridgehead atoms. The number of hydrogen-bond donors (Lipinski definition) is 0. The molecule has 21 heavy (non-hydrogen) atoms. The van der Waals surface area contributed by atoms with Crippen LogP contribution in [0.15, 0.2) is 36.5 Å². The summed E-state index contributed by atoms with van der Waals surface area (Å²) in [4.78, 5) is 15.3. The first-order chi connectivity index (χ1) is 10.2. The zero-order valence-corrected chi connectivity index (χ0v) is 11.2. The summed E-state index contributed by atoms with van der Waals surface area (Å²) in [6.07, 6.45) is 1.36. The summed E-state index contributed by atoms with van der Waals surface area (Å²) in [6.45, 7) is 0.0551. The quantitative estimate of drug-likeness (QED) is 0.807. The van der Waals surface area contributed by atoms with Crippen LogP contribution in [-0.2, 0) is 11.3 Å². The molecule has 0 N–H and O–H groups in total. The molecule has 6 heteroatoms. The number of carbonyl (C=O) groups excluding carboxylic acids is 1. The molecule has 0 amide bonds. The Morgan fingerprint density at radius 2 is 2.19 bits per heavy atom. The van der Waals surface area contributed by atoms with Crippen molar-refractivity contribution in [2.75, 3.05) is 7.11 Å². The first-order valence-corrected chi connectivity index (χ1v) is 6.00. The van der Waals surface area contributed by atoms with Crippen LogP contribution >= 0.6 is 0 Å². The second-order valence-corrected chi connectivity index (χ2v) is 4.04. The standard InChI is InChI=1S/C15H11FN2O3/c1-20-15(19)10-5-6-11(18-8-10)9-21-14-4-2-3-13(16)12(14)7-17/h2-6,8H,9H2,1H3. The third-order valence-electron chi connectivity index (χ3n) is 2.71. The highest BCUT2D eigenvalue weighted by Gasteiger charge is 2.10. The molecule has 1 aromatic carbocycles. The number of ether oxygens (including phenoxy) is 2. The van der Waals surface area contributed by atoms with Gasteiger partial charge < -0.3 is 9.47 Å². The first-order valence-electron chi connectivity index (χ1n) is 6.00. The normalized spacial score (nSPS) is 9.76. The van der Waals surface area contributed by atoms with Gasteiger partial charge >= 0.3 is 5.97 Å². The van der Waals surface area contributed by atoms with Crippen molar-refractivity contribution in [2.45, 2.75) is 6.61 Å². The topological polar surface area (TPSA) is 72.2 Å². The van der Waals surface area contributed by atoms with Crippen LogP contribution in [0.25, 0.3) is 0 Å². The molecule has 2 aromatic rings. The molecule has 0 aliphatic heterocycles. The molecule has 5 nitrogen and oxygen atoms in total. The molecule has 0 atom stereocenters. The Balaban J connectivity index is 2.09. The van der Waals surface area contributed by atoms with Crippen LogP contribution in [0, 0.1) is 17.1 Å². The molecule has 0 radical (unpaired) electrons. The van der Waals surface area contributed by atoms with Crippen LogP contribution in [0.3, 0.4) is 0 Å². The average molecular weight is 286 g/mol. The summed E-state index contributed by atoms with van der Waals surface area (Å²) in [7, 11) is 1.28. The van der Waals surface area contributed by atoms with Gasteiger partial charge in [0.15, 0.2) is 0 Å². The molecular formula is C15H11FN2O3. The van der Waals surface area contributed by atoms with Crippen molar-refractivity contribution >= 4 is 5.97 Å². The molecule has 1 heterocycles. The molecule has 0 aliphatic carbocycles. The van der Waals surface area contributed by atoms with E-state index < -0.39 is 11.8 Å². The Labute approximate surface area is 120 Å². The average Bonchev–Trinajstić information content (AvgIpc) is 2.52. The molecule has 0 saturated carbocycles. The summed E-state index contributed by atoms with van der Waals surface area (Å²) < 4.78 is 23.3. The van der Waals surface area contributed by atoms with E-state index in [0.29, 0.717) is 11.3 Å². The number of nitrogens with zero attached hydrogens (tertiary/aromatic N) is 2. The summed E-state index contributed by atoms with van der Waals surface area (Å²) in [5, 5.41) is 8.88. The summed E-state index contributed by atoms with van der Waals surface area (Å²) >= 11 is 0. The molecule has 1 aromatic heterocycles. The Morgan fingerprint density at radius 1 is 1.38 bits per heavy atom. The number of aromatic nitrogens is 1. The minimum absolute atomic E-state index is 0.0551. The van der Waals surface area contributed by atoms with Gasteiger partial charge in [-0.1, -0.05) is 6.07 Å². The second kappa shape index (κ2) is 6.48. The van der Waals surface area contributed by atoms with E-state index in [-0.39, 0.29) is 17.9 Å². The molecular weight excluding hydrogens is 275 g/mol. The van der Waals surface area contributed by atoms with Gasteiger partial charge in [-0.05, 0) is 24.3 Å². The van der Waals surface area contributed by atoms with Gasteiger partial charge in [0, 0.05) is 6.20 Å². The van der Waals surface area contributed by atoms with E-state index in [4.69, 9.17) is 10.00 Å². The SMILES string of the molecule is COC(=O)c1ccc(COc2cccc(F)c2C#N)nc1. The number of halogens is 1. The van der Waals surface area contributed by atoms with E-state index in [1.54, 1.807) is 18.2 Å². The number of pyridine rings is 1. The fraction of sp³-hybridized carbons (Fsp3) is 0.133. The molecule has 2 rings (SSSR count). The van der Waals surface area contributed by atoms with Gasteiger partial charge in [-0.25, -0.2) is 9.18 Å². The van der Waals surface area contributed by atoms with E-state index >= 15 is 0 Å². The highest BCUT2D eigenvalue weighted by atomic mass is 19.1. The minimum atomic E-state index is -0.635. The number of benzene rings is 1. The number of esters is 1. The third kappa shape index (κ3) is 3.34. The van der Waals surface area contributed by atoms with Crippen LogP contribution in [0.1, 0.15) is 21.6 Å². The zero-order chi connectivity index (χ0) is 15.2. The Kier molecular flexibility index (Phi) is 4.46. The van der Waals surface area contributed by atoms with Crippen LogP contribution in [0.2, 0.25) is 0 Å². The molecule has 0 saturated heterocycles. The van der Waals surface area contributed by atoms with E-state index in [1.165, 1.54) is 31.5 Å². The summed E-state index contributed by atoms with van der Waals surface area (Å²) in [5.74, 6) is -0.966. The minimum Gasteiger partial charge on any atom is -0.486 e. The number of rotatable bonds is 4. The Hall–Kier alpha value is -2.94. The van der Waals surface area contributed by atoms with Crippen molar-refractivity contribution < 1.29 is 18.7 Å². The smallest absolute Gasteiger partial charge is 0.339 e. The van der Waals surface area contributed by atoms with Crippen LogP contribution in [0.5, 0.6) is 5.75 Å². The van der Waals surface area contributed by atoms with Gasteiger partial charge in [0.25, 0.3) is 0 Å². The molecule has 0 unspecified atom stereocenters. The van der Waals surface area contributed by atoms with Crippen molar-refractivity contribution in [3.05, 3.63) is 59.2 Å². The highest BCUT2D eigenvalue weighted by Crippen LogP contribution is 2.21. The second-order valence-electron chi connectivity index (χ2n) is 4.04. The lowest BCUT2D eigenvalue weighted by atomic mass is 10.2. The highest BCUT2D eigenvalue weighted by molar-refractivity contribution is 5.88. The molecule has 0 spiro atoms. The van der Waals surface area contributed by atoms with Crippen molar-refractivity contribution in [1.82, 2.24) is 4.98 Å². The van der Waals surface area contributed by atoms with Crippen molar-refractivity contribution in [3.8, 4) is 11.8 Å². The van der Waals surface area contributed by atoms with E-state index in [0.717, 1.165) is 0 Å². The fourth-order valence-corrected chi connectivity index (χ4v) is 1.63. The van der Waals surface area contributed by atoms with Crippen molar-refractivity contribution in [3.63, 3.8) is 0 Å². The van der Waals surface area contributed by atoms with Gasteiger partial charge in [0.2, 0.25) is 0 Å². The van der Waals surface area contributed by atoms with Crippen molar-refractivity contribution in [1.29, 1.82) is 5.26 Å². The molecule has 106 valence electrons. The van der Waals surface area contributed by atoms with Gasteiger partial charge in [-0.15, -0.1) is 0 Å². The predicted octanol–water partition coefficient (Wildman–Crippen LogP) is 2.46. The van der Waals surface area contributed by atoms with E-state index in [1.807, 2.05) is 0 Å². The lowest BCUT2D eigenvalue weighted by Gasteiger charge is -2.08. The van der Waals surface area contributed by atoms with E-state index in [2.05, 4.69) is 9.72 Å². The van der Waals surface area contributed by atoms with Gasteiger partial charge in [-0.3, -0.25) is 4.98 Å². The lowest BCUT2D eigenvalue weighted by Crippen LogP contribution is -2.04. The largest absolute Gasteiger partial charge is 0.486 e. The van der Waals surface area contributed by atoms with Crippen LogP contribution < -0.4 is 4.74 Å². The predicted molar refractivity (Wildman–Crippen MR) is 71.0 cm³/mol. The lowest BCUT2D eigenvalue weighted by molar-refractivity contribution is 0.0600. The number of carbonyl (C=O) groups is 1.